The van der Waals surface area contributed by atoms with E-state index in [9.17, 15) is 9.59 Å². The summed E-state index contributed by atoms with van der Waals surface area (Å²) in [5.41, 5.74) is 0.997. The molecule has 0 saturated carbocycles. The van der Waals surface area contributed by atoms with Crippen molar-refractivity contribution in [3.05, 3.63) is 35.9 Å². The van der Waals surface area contributed by atoms with E-state index in [1.165, 1.54) is 0 Å². The number of carbonyl (C=O) groups excluding carboxylic acids is 2. The average Bonchev–Trinajstić information content (AvgIpc) is 2.63. The molecule has 0 aromatic heterocycles. The van der Waals surface area contributed by atoms with Gasteiger partial charge in [-0.05, 0) is 38.7 Å². The summed E-state index contributed by atoms with van der Waals surface area (Å²) in [7, 11) is 1.61. The van der Waals surface area contributed by atoms with Crippen LogP contribution in [0.4, 0.5) is 4.79 Å². The molecule has 0 aliphatic carbocycles. The number of ether oxygens (including phenoxy) is 1. The molecule has 0 radical (unpaired) electrons. The van der Waals surface area contributed by atoms with Crippen molar-refractivity contribution in [2.45, 2.75) is 51.3 Å². The van der Waals surface area contributed by atoms with Crippen molar-refractivity contribution in [3.63, 3.8) is 0 Å². The van der Waals surface area contributed by atoms with Gasteiger partial charge in [-0.15, -0.1) is 0 Å². The summed E-state index contributed by atoms with van der Waals surface area (Å²) in [6.45, 7) is 4.90. The second-order valence-electron chi connectivity index (χ2n) is 6.59. The third-order valence-corrected chi connectivity index (χ3v) is 4.71. The Bertz CT molecular complexity index is 564. The van der Waals surface area contributed by atoms with E-state index in [1.54, 1.807) is 14.0 Å². The molecule has 0 bridgehead atoms. The molecular formula is C19H29N3O3. The van der Waals surface area contributed by atoms with Gasteiger partial charge in [-0.25, -0.2) is 4.79 Å². The summed E-state index contributed by atoms with van der Waals surface area (Å²) >= 11 is 0. The lowest BCUT2D eigenvalue weighted by Gasteiger charge is -2.35. The van der Waals surface area contributed by atoms with Gasteiger partial charge < -0.3 is 20.3 Å². The number of amides is 3. The Morgan fingerprint density at radius 2 is 2.00 bits per heavy atom. The van der Waals surface area contributed by atoms with Gasteiger partial charge >= 0.3 is 6.03 Å². The maximum atomic E-state index is 12.5. The Labute approximate surface area is 149 Å². The SMILES string of the molecule is CO[C@H](CNC(=O)N[C@@H](C)C(=O)N1CCCC[C@@H]1C)c1ccccc1. The molecule has 2 rings (SSSR count). The van der Waals surface area contributed by atoms with Crippen molar-refractivity contribution in [1.29, 1.82) is 0 Å². The van der Waals surface area contributed by atoms with Gasteiger partial charge in [0, 0.05) is 26.2 Å². The van der Waals surface area contributed by atoms with Crippen molar-refractivity contribution in [3.8, 4) is 0 Å². The van der Waals surface area contributed by atoms with Crippen LogP contribution in [0.3, 0.4) is 0 Å². The Morgan fingerprint density at radius 1 is 1.28 bits per heavy atom. The van der Waals surface area contributed by atoms with Crippen LogP contribution >= 0.6 is 0 Å². The minimum absolute atomic E-state index is 0.0197. The number of nitrogens with zero attached hydrogens (tertiary/aromatic N) is 1. The molecule has 25 heavy (non-hydrogen) atoms. The second-order valence-corrected chi connectivity index (χ2v) is 6.59. The monoisotopic (exact) mass is 347 g/mol. The standard InChI is InChI=1S/C19H29N3O3/c1-14-9-7-8-12-22(14)18(23)15(2)21-19(24)20-13-17(25-3)16-10-5-4-6-11-16/h4-6,10-11,14-15,17H,7-9,12-13H2,1-3H3,(H2,20,21,24)/t14-,15-,17+/m0/s1. The first-order chi connectivity index (χ1) is 12.0. The first-order valence-corrected chi connectivity index (χ1v) is 8.95. The number of piperidine rings is 1. The first kappa shape index (κ1) is 19.2. The highest BCUT2D eigenvalue weighted by Gasteiger charge is 2.27. The van der Waals surface area contributed by atoms with Gasteiger partial charge in [0.1, 0.15) is 6.04 Å². The van der Waals surface area contributed by atoms with Gasteiger partial charge in [0.2, 0.25) is 5.91 Å². The van der Waals surface area contributed by atoms with Crippen LogP contribution in [0.25, 0.3) is 0 Å². The van der Waals surface area contributed by atoms with Gasteiger partial charge in [0.05, 0.1) is 6.10 Å². The Morgan fingerprint density at radius 3 is 2.64 bits per heavy atom. The third-order valence-electron chi connectivity index (χ3n) is 4.71. The van der Waals surface area contributed by atoms with Crippen molar-refractivity contribution in [2.24, 2.45) is 0 Å². The van der Waals surface area contributed by atoms with E-state index in [-0.39, 0.29) is 24.1 Å². The molecule has 1 fully saturated rings. The highest BCUT2D eigenvalue weighted by atomic mass is 16.5. The quantitative estimate of drug-likeness (QED) is 0.830. The molecule has 3 atom stereocenters. The van der Waals surface area contributed by atoms with E-state index in [1.807, 2.05) is 35.2 Å². The smallest absolute Gasteiger partial charge is 0.315 e. The van der Waals surface area contributed by atoms with Crippen molar-refractivity contribution in [1.82, 2.24) is 15.5 Å². The number of hydrogen-bond donors (Lipinski definition) is 2. The Kier molecular flexibility index (Phi) is 7.25. The van der Waals surface area contributed by atoms with Crippen molar-refractivity contribution < 1.29 is 14.3 Å². The molecule has 1 aromatic rings. The molecule has 3 amide bonds. The fourth-order valence-corrected chi connectivity index (χ4v) is 3.17. The molecule has 6 heteroatoms. The zero-order chi connectivity index (χ0) is 18.2. The van der Waals surface area contributed by atoms with E-state index in [2.05, 4.69) is 17.6 Å². The summed E-state index contributed by atoms with van der Waals surface area (Å²) in [4.78, 5) is 26.5. The van der Waals surface area contributed by atoms with E-state index in [0.29, 0.717) is 6.54 Å². The molecule has 1 aliphatic heterocycles. The third kappa shape index (κ3) is 5.46. The molecule has 1 aromatic carbocycles. The number of rotatable bonds is 6. The number of hydrogen-bond acceptors (Lipinski definition) is 3. The Hall–Kier alpha value is -2.08. The number of likely N-dealkylation sites (tertiary alicyclic amines) is 1. The van der Waals surface area contributed by atoms with Crippen LogP contribution < -0.4 is 10.6 Å². The summed E-state index contributed by atoms with van der Waals surface area (Å²) in [5.74, 6) is -0.0197. The predicted octanol–water partition coefficient (Wildman–Crippen LogP) is 2.46. The molecule has 1 saturated heterocycles. The molecular weight excluding hydrogens is 318 g/mol. The number of carbonyl (C=O) groups is 2. The summed E-state index contributed by atoms with van der Waals surface area (Å²) < 4.78 is 5.43. The van der Waals surface area contributed by atoms with E-state index in [0.717, 1.165) is 31.4 Å². The van der Waals surface area contributed by atoms with E-state index in [4.69, 9.17) is 4.74 Å². The van der Waals surface area contributed by atoms with Crippen molar-refractivity contribution >= 4 is 11.9 Å². The highest BCUT2D eigenvalue weighted by molar-refractivity contribution is 5.87. The fraction of sp³-hybridized carbons (Fsp3) is 0.579. The van der Waals surface area contributed by atoms with Gasteiger partial charge in [0.25, 0.3) is 0 Å². The van der Waals surface area contributed by atoms with E-state index < -0.39 is 6.04 Å². The number of urea groups is 1. The van der Waals surface area contributed by atoms with Gasteiger partial charge in [-0.3, -0.25) is 4.79 Å². The molecule has 0 spiro atoms. The average molecular weight is 347 g/mol. The highest BCUT2D eigenvalue weighted by Crippen LogP contribution is 2.17. The van der Waals surface area contributed by atoms with Crippen LogP contribution in [-0.2, 0) is 9.53 Å². The predicted molar refractivity (Wildman–Crippen MR) is 97.2 cm³/mol. The van der Waals surface area contributed by atoms with Crippen LogP contribution in [0.5, 0.6) is 0 Å². The second kappa shape index (κ2) is 9.42. The van der Waals surface area contributed by atoms with Crippen molar-refractivity contribution in [2.75, 3.05) is 20.2 Å². The maximum Gasteiger partial charge on any atom is 0.315 e. The number of benzene rings is 1. The zero-order valence-electron chi connectivity index (χ0n) is 15.3. The molecule has 0 unspecified atom stereocenters. The normalized spacial score (nSPS) is 19.8. The van der Waals surface area contributed by atoms with Crippen LogP contribution in [0.15, 0.2) is 30.3 Å². The lowest BCUT2D eigenvalue weighted by Crippen LogP contribution is -2.53. The number of nitrogens with one attached hydrogen (secondary N) is 2. The minimum Gasteiger partial charge on any atom is -0.375 e. The van der Waals surface area contributed by atoms with Crippen LogP contribution in [0.1, 0.15) is 44.8 Å². The van der Waals surface area contributed by atoms with Crippen LogP contribution in [-0.4, -0.2) is 49.1 Å². The van der Waals surface area contributed by atoms with Crippen LogP contribution in [0.2, 0.25) is 0 Å². The fourth-order valence-electron chi connectivity index (χ4n) is 3.17. The zero-order valence-corrected chi connectivity index (χ0v) is 15.3. The Balaban J connectivity index is 1.81. The van der Waals surface area contributed by atoms with Crippen LogP contribution in [0, 0.1) is 0 Å². The minimum atomic E-state index is -0.543. The first-order valence-electron chi connectivity index (χ1n) is 8.95. The molecule has 1 aliphatic rings. The number of methoxy groups -OCH3 is 1. The molecule has 2 N–H and O–H groups in total. The van der Waals surface area contributed by atoms with E-state index >= 15 is 0 Å². The largest absolute Gasteiger partial charge is 0.375 e. The van der Waals surface area contributed by atoms with Gasteiger partial charge in [-0.2, -0.15) is 0 Å². The summed E-state index contributed by atoms with van der Waals surface area (Å²) in [5, 5.41) is 5.52. The topological polar surface area (TPSA) is 70.7 Å². The molecule has 6 nitrogen and oxygen atoms in total. The maximum absolute atomic E-state index is 12.5. The lowest BCUT2D eigenvalue weighted by atomic mass is 10.0. The molecule has 138 valence electrons. The van der Waals surface area contributed by atoms with Gasteiger partial charge in [0.15, 0.2) is 0 Å². The molecule has 1 heterocycles. The summed E-state index contributed by atoms with van der Waals surface area (Å²) in [6, 6.07) is 9.05. The lowest BCUT2D eigenvalue weighted by molar-refractivity contribution is -0.136. The van der Waals surface area contributed by atoms with Gasteiger partial charge in [-0.1, -0.05) is 30.3 Å². The summed E-state index contributed by atoms with van der Waals surface area (Å²) in [6.07, 6.45) is 2.99.